The van der Waals surface area contributed by atoms with Crippen molar-refractivity contribution in [1.82, 2.24) is 4.72 Å². The fraction of sp³-hybridized carbons (Fsp3) is 0.500. The smallest absolute Gasteiger partial charge is 0.243 e. The monoisotopic (exact) mass is 366 g/mol. The molecule has 0 saturated heterocycles. The predicted molar refractivity (Wildman–Crippen MR) is 77.3 cm³/mol. The summed E-state index contributed by atoms with van der Waals surface area (Å²) in [7, 11) is -2.41. The van der Waals surface area contributed by atoms with Gasteiger partial charge >= 0.3 is 0 Å². The highest BCUT2D eigenvalue weighted by Gasteiger charge is 2.38. The molecule has 5 nitrogen and oxygen atoms in total. The van der Waals surface area contributed by atoms with Crippen LogP contribution < -0.4 is 10.5 Å². The van der Waals surface area contributed by atoms with E-state index < -0.39 is 26.3 Å². The van der Waals surface area contributed by atoms with Gasteiger partial charge in [-0.3, -0.25) is 0 Å². The average molecular weight is 367 g/mol. The number of nitrogens with two attached hydrogens (primary N) is 1. The van der Waals surface area contributed by atoms with Crippen molar-refractivity contribution in [3.8, 4) is 0 Å². The first kappa shape index (κ1) is 15.7. The van der Waals surface area contributed by atoms with Crippen LogP contribution in [-0.4, -0.2) is 27.7 Å². The summed E-state index contributed by atoms with van der Waals surface area (Å²) in [6.07, 6.45) is 2.57. The standard InChI is InChI=1S/C12H16BrFN2O3S/c1-19-12(3-2-4-12)7-16-20(17,18)11-6-10(15)8(13)5-9(11)14/h5-6,16H,2-4,7,15H2,1H3. The second kappa shape index (κ2) is 5.59. The molecule has 0 unspecified atom stereocenters. The van der Waals surface area contributed by atoms with Gasteiger partial charge in [-0.2, -0.15) is 0 Å². The van der Waals surface area contributed by atoms with Crippen LogP contribution in [-0.2, 0) is 14.8 Å². The fourth-order valence-corrected chi connectivity index (χ4v) is 3.60. The van der Waals surface area contributed by atoms with Crippen molar-refractivity contribution in [2.75, 3.05) is 19.4 Å². The van der Waals surface area contributed by atoms with Gasteiger partial charge in [0.05, 0.1) is 5.60 Å². The molecule has 8 heteroatoms. The van der Waals surface area contributed by atoms with Crippen molar-refractivity contribution in [2.24, 2.45) is 0 Å². The molecular weight excluding hydrogens is 351 g/mol. The lowest BCUT2D eigenvalue weighted by molar-refractivity contribution is -0.0659. The summed E-state index contributed by atoms with van der Waals surface area (Å²) < 4.78 is 46.1. The van der Waals surface area contributed by atoms with Crippen LogP contribution in [0.4, 0.5) is 10.1 Å². The lowest BCUT2D eigenvalue weighted by Gasteiger charge is -2.40. The van der Waals surface area contributed by atoms with E-state index in [-0.39, 0.29) is 12.2 Å². The van der Waals surface area contributed by atoms with E-state index in [4.69, 9.17) is 10.5 Å². The van der Waals surface area contributed by atoms with Gasteiger partial charge in [0.1, 0.15) is 10.7 Å². The van der Waals surface area contributed by atoms with Crippen LogP contribution in [0.25, 0.3) is 0 Å². The van der Waals surface area contributed by atoms with Gasteiger partial charge in [-0.25, -0.2) is 17.5 Å². The Balaban J connectivity index is 2.20. The molecular formula is C12H16BrFN2O3S. The van der Waals surface area contributed by atoms with Gasteiger partial charge in [-0.05, 0) is 47.3 Å². The van der Waals surface area contributed by atoms with Gasteiger partial charge in [0.25, 0.3) is 0 Å². The van der Waals surface area contributed by atoms with Gasteiger partial charge in [-0.15, -0.1) is 0 Å². The van der Waals surface area contributed by atoms with Gasteiger partial charge < -0.3 is 10.5 Å². The molecule has 1 aromatic carbocycles. The van der Waals surface area contributed by atoms with Crippen LogP contribution in [0.3, 0.4) is 0 Å². The summed E-state index contributed by atoms with van der Waals surface area (Å²) in [5.41, 5.74) is 5.30. The summed E-state index contributed by atoms with van der Waals surface area (Å²) in [6.45, 7) is 0.126. The van der Waals surface area contributed by atoms with Crippen LogP contribution in [0, 0.1) is 5.82 Å². The molecule has 112 valence electrons. The first-order valence-electron chi connectivity index (χ1n) is 6.09. The number of hydrogen-bond donors (Lipinski definition) is 2. The summed E-state index contributed by atoms with van der Waals surface area (Å²) >= 11 is 3.05. The van der Waals surface area contributed by atoms with Crippen LogP contribution in [0.1, 0.15) is 19.3 Å². The number of benzene rings is 1. The number of methoxy groups -OCH3 is 1. The molecule has 2 rings (SSSR count). The molecule has 0 atom stereocenters. The minimum Gasteiger partial charge on any atom is -0.398 e. The van der Waals surface area contributed by atoms with Crippen molar-refractivity contribution < 1.29 is 17.5 Å². The zero-order chi connectivity index (χ0) is 15.0. The Morgan fingerprint density at radius 2 is 2.15 bits per heavy atom. The highest BCUT2D eigenvalue weighted by Crippen LogP contribution is 2.34. The Morgan fingerprint density at radius 3 is 2.65 bits per heavy atom. The van der Waals surface area contributed by atoms with E-state index in [1.807, 2.05) is 0 Å². The molecule has 0 radical (unpaired) electrons. The Bertz CT molecular complexity index is 612. The molecule has 1 aromatic rings. The lowest BCUT2D eigenvalue weighted by Crippen LogP contribution is -2.49. The molecule has 0 aromatic heterocycles. The molecule has 0 heterocycles. The number of sulfonamides is 1. The Morgan fingerprint density at radius 1 is 1.50 bits per heavy atom. The number of anilines is 1. The van der Waals surface area contributed by atoms with Crippen molar-refractivity contribution in [2.45, 2.75) is 29.8 Å². The molecule has 0 aliphatic heterocycles. The maximum Gasteiger partial charge on any atom is 0.243 e. The van der Waals surface area contributed by atoms with Crippen LogP contribution in [0.15, 0.2) is 21.5 Å². The Hall–Kier alpha value is -0.700. The Labute approximate surface area is 125 Å². The van der Waals surface area contributed by atoms with Crippen molar-refractivity contribution in [3.63, 3.8) is 0 Å². The predicted octanol–water partition coefficient (Wildman–Crippen LogP) is 2.02. The van der Waals surface area contributed by atoms with Gasteiger partial charge in [-0.1, -0.05) is 0 Å². The molecule has 0 spiro atoms. The van der Waals surface area contributed by atoms with Gasteiger partial charge in [0.15, 0.2) is 0 Å². The molecule has 0 amide bonds. The molecule has 1 fully saturated rings. The van der Waals surface area contributed by atoms with Crippen LogP contribution in [0.5, 0.6) is 0 Å². The van der Waals surface area contributed by atoms with E-state index in [0.29, 0.717) is 4.47 Å². The topological polar surface area (TPSA) is 81.4 Å². The third-order valence-electron chi connectivity index (χ3n) is 3.62. The fourth-order valence-electron chi connectivity index (χ4n) is 2.08. The summed E-state index contributed by atoms with van der Waals surface area (Å²) in [4.78, 5) is -0.455. The zero-order valence-corrected chi connectivity index (χ0v) is 13.4. The summed E-state index contributed by atoms with van der Waals surface area (Å²) in [5, 5.41) is 0. The van der Waals surface area contributed by atoms with Gasteiger partial charge in [0, 0.05) is 23.8 Å². The summed E-state index contributed by atoms with van der Waals surface area (Å²) in [6, 6.07) is 2.14. The van der Waals surface area contributed by atoms with E-state index in [9.17, 15) is 12.8 Å². The molecule has 0 bridgehead atoms. The van der Waals surface area contributed by atoms with Crippen molar-refractivity contribution >= 4 is 31.6 Å². The minimum atomic E-state index is -3.96. The SMILES string of the molecule is COC1(CNS(=O)(=O)c2cc(N)c(Br)cc2F)CCC1. The number of rotatable bonds is 5. The second-order valence-corrected chi connectivity index (χ2v) is 7.46. The van der Waals surface area contributed by atoms with E-state index in [2.05, 4.69) is 20.7 Å². The normalized spacial score (nSPS) is 17.8. The Kier molecular flexibility index (Phi) is 4.38. The maximum absolute atomic E-state index is 13.8. The number of halogens is 2. The lowest BCUT2D eigenvalue weighted by atomic mass is 9.80. The average Bonchev–Trinajstić information content (AvgIpc) is 2.32. The van der Waals surface area contributed by atoms with Crippen molar-refractivity contribution in [1.29, 1.82) is 0 Å². The van der Waals surface area contributed by atoms with Gasteiger partial charge in [0.2, 0.25) is 10.0 Å². The zero-order valence-electron chi connectivity index (χ0n) is 10.9. The van der Waals surface area contributed by atoms with E-state index >= 15 is 0 Å². The quantitative estimate of drug-likeness (QED) is 0.781. The van der Waals surface area contributed by atoms with E-state index in [1.165, 1.54) is 0 Å². The number of nitrogens with one attached hydrogen (secondary N) is 1. The maximum atomic E-state index is 13.8. The largest absolute Gasteiger partial charge is 0.398 e. The van der Waals surface area contributed by atoms with E-state index in [0.717, 1.165) is 31.4 Å². The molecule has 20 heavy (non-hydrogen) atoms. The molecule has 3 N–H and O–H groups in total. The molecule has 1 aliphatic rings. The third-order valence-corrected chi connectivity index (χ3v) is 5.73. The van der Waals surface area contributed by atoms with Crippen molar-refractivity contribution in [3.05, 3.63) is 22.4 Å². The molecule has 1 aliphatic carbocycles. The summed E-state index contributed by atoms with van der Waals surface area (Å²) in [5.74, 6) is -0.848. The minimum absolute atomic E-state index is 0.126. The number of hydrogen-bond acceptors (Lipinski definition) is 4. The second-order valence-electron chi connectivity index (χ2n) is 4.87. The van der Waals surface area contributed by atoms with E-state index in [1.54, 1.807) is 7.11 Å². The highest BCUT2D eigenvalue weighted by molar-refractivity contribution is 9.10. The third kappa shape index (κ3) is 2.98. The first-order valence-corrected chi connectivity index (χ1v) is 8.37. The highest BCUT2D eigenvalue weighted by atomic mass is 79.9. The molecule has 1 saturated carbocycles. The number of ether oxygens (including phenoxy) is 1. The number of nitrogen functional groups attached to an aromatic ring is 1. The van der Waals surface area contributed by atoms with Crippen LogP contribution in [0.2, 0.25) is 0 Å². The first-order chi connectivity index (χ1) is 9.30. The van der Waals surface area contributed by atoms with Crippen LogP contribution >= 0.6 is 15.9 Å².